The van der Waals surface area contributed by atoms with Gasteiger partial charge in [0.15, 0.2) is 0 Å². The summed E-state index contributed by atoms with van der Waals surface area (Å²) in [5.41, 5.74) is 2.99. The molecule has 0 amide bonds. The Morgan fingerprint density at radius 1 is 1.05 bits per heavy atom. The van der Waals surface area contributed by atoms with Crippen LogP contribution < -0.4 is 0 Å². The molecule has 0 aliphatic carbocycles. The Morgan fingerprint density at radius 3 is 2.23 bits per heavy atom. The molecule has 0 aliphatic rings. The second kappa shape index (κ2) is 7.34. The Hall–Kier alpha value is -1.26. The molecule has 4 heteroatoms. The molecule has 0 radical (unpaired) electrons. The summed E-state index contributed by atoms with van der Waals surface area (Å²) in [7, 11) is -1.28. The molecule has 0 heterocycles. The summed E-state index contributed by atoms with van der Waals surface area (Å²) < 4.78 is 17.6. The lowest BCUT2D eigenvalue weighted by molar-refractivity contribution is 0.650. The average Bonchev–Trinajstić information content (AvgIpc) is 2.48. The van der Waals surface area contributed by atoms with Crippen LogP contribution in [0.2, 0.25) is 0 Å². The van der Waals surface area contributed by atoms with E-state index in [-0.39, 0.29) is 4.75 Å². The minimum Gasteiger partial charge on any atom is -0.234 e. The van der Waals surface area contributed by atoms with E-state index in [9.17, 15) is 4.21 Å². The second-order valence-electron chi connectivity index (χ2n) is 6.03. The van der Waals surface area contributed by atoms with Crippen LogP contribution >= 0.6 is 15.9 Å². The Labute approximate surface area is 143 Å². The first-order chi connectivity index (χ1) is 10.4. The van der Waals surface area contributed by atoms with Crippen LogP contribution in [0.4, 0.5) is 0 Å². The van der Waals surface area contributed by atoms with E-state index >= 15 is 0 Å². The van der Waals surface area contributed by atoms with Gasteiger partial charge < -0.3 is 0 Å². The maximum absolute atomic E-state index is 12.4. The largest absolute Gasteiger partial charge is 0.234 e. The molecule has 0 bridgehead atoms. The Balaban J connectivity index is 2.41. The van der Waals surface area contributed by atoms with Gasteiger partial charge in [-0.15, -0.1) is 0 Å². The fraction of sp³-hybridized carbons (Fsp3) is 0.278. The molecule has 0 spiro atoms. The smallest absolute Gasteiger partial charge is 0.145 e. The van der Waals surface area contributed by atoms with Crippen LogP contribution in [0.25, 0.3) is 0 Å². The van der Waals surface area contributed by atoms with Gasteiger partial charge in [-0.2, -0.15) is 4.40 Å². The summed E-state index contributed by atoms with van der Waals surface area (Å²) in [6.45, 7) is 5.81. The zero-order valence-electron chi connectivity index (χ0n) is 13.0. The van der Waals surface area contributed by atoms with Crippen LogP contribution in [-0.2, 0) is 17.4 Å². The minimum atomic E-state index is -1.28. The normalized spacial score (nSPS) is 13.9. The minimum absolute atomic E-state index is 0.367. The molecule has 0 saturated carbocycles. The highest BCUT2D eigenvalue weighted by Gasteiger charge is 2.20. The van der Waals surface area contributed by atoms with Crippen molar-refractivity contribution in [3.8, 4) is 0 Å². The number of nitrogens with zero attached hydrogens (tertiary/aromatic N) is 1. The third-order valence-corrected chi connectivity index (χ3v) is 5.35. The van der Waals surface area contributed by atoms with Crippen LogP contribution in [0, 0.1) is 0 Å². The lowest BCUT2D eigenvalue weighted by atomic mass is 10.0. The third kappa shape index (κ3) is 4.62. The SMILES string of the molecule is CC(C)(C)S(=O)/N=C(/Cc1ccccc1Br)c1ccccc1. The van der Waals surface area contributed by atoms with Crippen molar-refractivity contribution in [1.29, 1.82) is 0 Å². The summed E-state index contributed by atoms with van der Waals surface area (Å²) in [5, 5.41) is 0. The van der Waals surface area contributed by atoms with E-state index in [0.717, 1.165) is 21.3 Å². The number of hydrogen-bond acceptors (Lipinski definition) is 1. The van der Waals surface area contributed by atoms with E-state index in [0.29, 0.717) is 6.42 Å². The molecule has 2 nitrogen and oxygen atoms in total. The standard InChI is InChI=1S/C18H20BrNOS/c1-18(2,3)22(21)20-17(14-9-5-4-6-10-14)13-15-11-7-8-12-16(15)19/h4-12H,13H2,1-3H3/b20-17-. The van der Waals surface area contributed by atoms with Gasteiger partial charge in [-0.3, -0.25) is 0 Å². The zero-order chi connectivity index (χ0) is 16.2. The maximum atomic E-state index is 12.4. The van der Waals surface area contributed by atoms with Crippen LogP contribution in [0.5, 0.6) is 0 Å². The second-order valence-corrected chi connectivity index (χ2v) is 8.79. The van der Waals surface area contributed by atoms with E-state index < -0.39 is 11.0 Å². The van der Waals surface area contributed by atoms with Gasteiger partial charge in [0.25, 0.3) is 0 Å². The molecule has 0 fully saturated rings. The molecule has 0 N–H and O–H groups in total. The fourth-order valence-corrected chi connectivity index (χ4v) is 2.95. The third-order valence-electron chi connectivity index (χ3n) is 3.14. The van der Waals surface area contributed by atoms with E-state index in [4.69, 9.17) is 0 Å². The first-order valence-electron chi connectivity index (χ1n) is 7.16. The van der Waals surface area contributed by atoms with Crippen molar-refractivity contribution in [3.05, 3.63) is 70.2 Å². The van der Waals surface area contributed by atoms with Crippen LogP contribution in [-0.4, -0.2) is 14.7 Å². The van der Waals surface area contributed by atoms with Gasteiger partial charge >= 0.3 is 0 Å². The predicted molar refractivity (Wildman–Crippen MR) is 98.7 cm³/mol. The molecule has 2 aromatic rings. The van der Waals surface area contributed by atoms with Gasteiger partial charge in [-0.1, -0.05) is 64.5 Å². The topological polar surface area (TPSA) is 29.4 Å². The Kier molecular flexibility index (Phi) is 5.70. The van der Waals surface area contributed by atoms with Crippen molar-refractivity contribution in [3.63, 3.8) is 0 Å². The predicted octanol–water partition coefficient (Wildman–Crippen LogP) is 4.94. The van der Waals surface area contributed by atoms with Crippen LogP contribution in [0.1, 0.15) is 31.9 Å². The van der Waals surface area contributed by atoms with Crippen LogP contribution in [0.15, 0.2) is 63.5 Å². The summed E-state index contributed by atoms with van der Waals surface area (Å²) >= 11 is 3.57. The highest BCUT2D eigenvalue weighted by molar-refractivity contribution is 9.10. The van der Waals surface area contributed by atoms with Gasteiger partial charge in [0, 0.05) is 10.9 Å². The molecule has 2 aromatic carbocycles. The lowest BCUT2D eigenvalue weighted by Gasteiger charge is -2.16. The molecule has 1 unspecified atom stereocenters. The number of halogens is 1. The molecule has 2 rings (SSSR count). The van der Waals surface area contributed by atoms with E-state index in [1.54, 1.807) is 0 Å². The molecule has 0 aromatic heterocycles. The summed E-state index contributed by atoms with van der Waals surface area (Å²) in [6.07, 6.45) is 0.646. The molecule has 116 valence electrons. The van der Waals surface area contributed by atoms with Crippen molar-refractivity contribution < 1.29 is 4.21 Å². The van der Waals surface area contributed by atoms with Crippen molar-refractivity contribution in [1.82, 2.24) is 0 Å². The van der Waals surface area contributed by atoms with Gasteiger partial charge in [-0.05, 0) is 38.0 Å². The van der Waals surface area contributed by atoms with Crippen molar-refractivity contribution >= 4 is 32.6 Å². The number of hydrogen-bond donors (Lipinski definition) is 0. The highest BCUT2D eigenvalue weighted by Crippen LogP contribution is 2.20. The van der Waals surface area contributed by atoms with Gasteiger partial charge in [0.2, 0.25) is 0 Å². The first kappa shape index (κ1) is 17.1. The number of rotatable bonds is 4. The summed E-state index contributed by atoms with van der Waals surface area (Å²) in [6, 6.07) is 18.0. The van der Waals surface area contributed by atoms with Crippen molar-refractivity contribution in [2.45, 2.75) is 31.9 Å². The lowest BCUT2D eigenvalue weighted by Crippen LogP contribution is -2.21. The first-order valence-corrected chi connectivity index (χ1v) is 9.06. The summed E-state index contributed by atoms with van der Waals surface area (Å²) in [4.78, 5) is 0. The Morgan fingerprint density at radius 2 is 1.64 bits per heavy atom. The van der Waals surface area contributed by atoms with Crippen molar-refractivity contribution in [2.75, 3.05) is 0 Å². The summed E-state index contributed by atoms with van der Waals surface area (Å²) in [5.74, 6) is 0. The zero-order valence-corrected chi connectivity index (χ0v) is 15.4. The van der Waals surface area contributed by atoms with Gasteiger partial charge in [0.05, 0.1) is 10.5 Å². The molecule has 22 heavy (non-hydrogen) atoms. The van der Waals surface area contributed by atoms with Crippen LogP contribution in [0.3, 0.4) is 0 Å². The molecule has 1 atom stereocenters. The van der Waals surface area contributed by atoms with Crippen molar-refractivity contribution in [2.24, 2.45) is 4.40 Å². The molecular weight excluding hydrogens is 358 g/mol. The van der Waals surface area contributed by atoms with Gasteiger partial charge in [0.1, 0.15) is 11.0 Å². The quantitative estimate of drug-likeness (QED) is 0.693. The monoisotopic (exact) mass is 377 g/mol. The van der Waals surface area contributed by atoms with E-state index in [1.807, 2.05) is 69.3 Å². The molecular formula is C18H20BrNOS. The van der Waals surface area contributed by atoms with E-state index in [2.05, 4.69) is 26.4 Å². The highest BCUT2D eigenvalue weighted by atomic mass is 79.9. The number of benzene rings is 2. The molecule has 0 aliphatic heterocycles. The average molecular weight is 378 g/mol. The van der Waals surface area contributed by atoms with Gasteiger partial charge in [-0.25, -0.2) is 4.21 Å². The fourth-order valence-electron chi connectivity index (χ4n) is 1.88. The van der Waals surface area contributed by atoms with E-state index in [1.165, 1.54) is 0 Å². The maximum Gasteiger partial charge on any atom is 0.145 e. The molecule has 0 saturated heterocycles. The Bertz CT molecular complexity index is 690.